The van der Waals surface area contributed by atoms with Crippen molar-refractivity contribution in [1.29, 1.82) is 0 Å². The molecule has 1 unspecified atom stereocenters. The Morgan fingerprint density at radius 3 is 2.44 bits per heavy atom. The van der Waals surface area contributed by atoms with Gasteiger partial charge < -0.3 is 15.0 Å². The molecule has 3 aliphatic heterocycles. The molecule has 1 aromatic heterocycles. The standard InChI is InChI=1S/C30H27N5O6/c1-4-34-23-13-21(19(12-24(23)41-14-26(34)37)17-10-15(2)31-16(3)11-17)32-20-7-5-6-18-27(20)30(40)35(29(18)39)22-8-9-25(36)33-28(22)38/h5-7,10-13,22,32H,4,8-9,14H2,1-3H3,(H,33,36,38). The number of aromatic nitrogens is 1. The molecule has 41 heavy (non-hydrogen) atoms. The summed E-state index contributed by atoms with van der Waals surface area (Å²) in [6.07, 6.45) is 0.0996. The van der Waals surface area contributed by atoms with E-state index < -0.39 is 29.7 Å². The number of anilines is 3. The minimum atomic E-state index is -1.07. The number of ether oxygens (including phenoxy) is 1. The van der Waals surface area contributed by atoms with Crippen molar-refractivity contribution in [2.45, 2.75) is 39.7 Å². The Balaban J connectivity index is 1.46. The summed E-state index contributed by atoms with van der Waals surface area (Å²) in [5, 5.41) is 5.56. The third-order valence-corrected chi connectivity index (χ3v) is 7.49. The largest absolute Gasteiger partial charge is 0.482 e. The number of carbonyl (C=O) groups is 5. The fraction of sp³-hybridized carbons (Fsp3) is 0.267. The highest BCUT2D eigenvalue weighted by atomic mass is 16.5. The fourth-order valence-corrected chi connectivity index (χ4v) is 5.69. The van der Waals surface area contributed by atoms with Crippen LogP contribution in [0.1, 0.15) is 51.9 Å². The van der Waals surface area contributed by atoms with Crippen LogP contribution in [0.25, 0.3) is 11.1 Å². The van der Waals surface area contributed by atoms with Gasteiger partial charge in [0, 0.05) is 35.6 Å². The first kappa shape index (κ1) is 26.2. The number of rotatable bonds is 5. The third-order valence-electron chi connectivity index (χ3n) is 7.49. The van der Waals surface area contributed by atoms with Crippen molar-refractivity contribution in [2.75, 3.05) is 23.4 Å². The molecule has 5 amide bonds. The van der Waals surface area contributed by atoms with Crippen LogP contribution in [-0.4, -0.2) is 58.6 Å². The van der Waals surface area contributed by atoms with Crippen molar-refractivity contribution in [1.82, 2.24) is 15.2 Å². The lowest BCUT2D eigenvalue weighted by atomic mass is 9.99. The molecule has 0 aliphatic carbocycles. The van der Waals surface area contributed by atoms with Gasteiger partial charge in [0.2, 0.25) is 11.8 Å². The summed E-state index contributed by atoms with van der Waals surface area (Å²) in [5.41, 5.74) is 5.05. The lowest BCUT2D eigenvalue weighted by molar-refractivity contribution is -0.136. The summed E-state index contributed by atoms with van der Waals surface area (Å²) < 4.78 is 5.80. The van der Waals surface area contributed by atoms with Gasteiger partial charge in [-0.1, -0.05) is 6.07 Å². The van der Waals surface area contributed by atoms with Gasteiger partial charge in [0.05, 0.1) is 22.5 Å². The summed E-state index contributed by atoms with van der Waals surface area (Å²) in [6.45, 7) is 6.04. The maximum Gasteiger partial charge on any atom is 0.265 e. The van der Waals surface area contributed by atoms with E-state index >= 15 is 0 Å². The number of nitrogens with one attached hydrogen (secondary N) is 2. The van der Waals surface area contributed by atoms with Crippen LogP contribution in [-0.2, 0) is 14.4 Å². The first-order valence-electron chi connectivity index (χ1n) is 13.3. The highest BCUT2D eigenvalue weighted by Crippen LogP contribution is 2.43. The topological polar surface area (TPSA) is 138 Å². The second-order valence-electron chi connectivity index (χ2n) is 10.2. The Morgan fingerprint density at radius 2 is 1.73 bits per heavy atom. The summed E-state index contributed by atoms with van der Waals surface area (Å²) in [7, 11) is 0. The number of likely N-dealkylation sites (N-methyl/N-ethyl adjacent to an activating group) is 1. The molecular weight excluding hydrogens is 526 g/mol. The lowest BCUT2D eigenvalue weighted by Gasteiger charge is -2.30. The smallest absolute Gasteiger partial charge is 0.265 e. The van der Waals surface area contributed by atoms with Crippen LogP contribution in [0.2, 0.25) is 0 Å². The number of amides is 5. The first-order valence-corrected chi connectivity index (χ1v) is 13.3. The second-order valence-corrected chi connectivity index (χ2v) is 10.2. The molecule has 1 atom stereocenters. The van der Waals surface area contributed by atoms with Crippen LogP contribution in [0.15, 0.2) is 42.5 Å². The van der Waals surface area contributed by atoms with Crippen LogP contribution in [0, 0.1) is 13.8 Å². The molecule has 0 spiro atoms. The van der Waals surface area contributed by atoms with Gasteiger partial charge in [0.25, 0.3) is 17.7 Å². The maximum absolute atomic E-state index is 13.7. The number of fused-ring (bicyclic) bond motifs is 2. The van der Waals surface area contributed by atoms with E-state index in [1.54, 1.807) is 29.2 Å². The summed E-state index contributed by atoms with van der Waals surface area (Å²) in [4.78, 5) is 70.9. The molecule has 0 saturated carbocycles. The zero-order valence-electron chi connectivity index (χ0n) is 22.7. The Hall–Kier alpha value is -5.06. The van der Waals surface area contributed by atoms with E-state index in [2.05, 4.69) is 15.6 Å². The highest BCUT2D eigenvalue weighted by Gasteiger charge is 2.45. The minimum Gasteiger partial charge on any atom is -0.482 e. The summed E-state index contributed by atoms with van der Waals surface area (Å²) in [6, 6.07) is 11.3. The van der Waals surface area contributed by atoms with Crippen molar-refractivity contribution in [3.8, 4) is 16.9 Å². The van der Waals surface area contributed by atoms with Gasteiger partial charge in [-0.2, -0.15) is 0 Å². The lowest BCUT2D eigenvalue weighted by Crippen LogP contribution is -2.54. The molecule has 3 aliphatic rings. The van der Waals surface area contributed by atoms with Crippen molar-refractivity contribution in [3.05, 3.63) is 65.0 Å². The number of pyridine rings is 1. The quantitative estimate of drug-likeness (QED) is 0.460. The Bertz CT molecular complexity index is 1660. The van der Waals surface area contributed by atoms with E-state index in [4.69, 9.17) is 4.74 Å². The number of hydrogen-bond acceptors (Lipinski definition) is 8. The Labute approximate surface area is 235 Å². The van der Waals surface area contributed by atoms with Crippen LogP contribution >= 0.6 is 0 Å². The average molecular weight is 554 g/mol. The number of nitrogens with zero attached hydrogens (tertiary/aromatic N) is 3. The molecule has 3 aromatic rings. The molecule has 2 aromatic carbocycles. The fourth-order valence-electron chi connectivity index (χ4n) is 5.69. The van der Waals surface area contributed by atoms with Crippen molar-refractivity contribution < 1.29 is 28.7 Å². The minimum absolute atomic E-state index is 0.0346. The zero-order chi connectivity index (χ0) is 29.0. The van der Waals surface area contributed by atoms with Gasteiger partial charge in [-0.3, -0.25) is 39.2 Å². The van der Waals surface area contributed by atoms with Crippen LogP contribution in [0.5, 0.6) is 5.75 Å². The number of piperidine rings is 1. The van der Waals surface area contributed by atoms with Crippen molar-refractivity contribution in [3.63, 3.8) is 0 Å². The number of imide groups is 2. The van der Waals surface area contributed by atoms with E-state index in [0.717, 1.165) is 27.4 Å². The molecule has 2 N–H and O–H groups in total. The van der Waals surface area contributed by atoms with Crippen molar-refractivity contribution >= 4 is 46.6 Å². The maximum atomic E-state index is 13.7. The molecule has 0 radical (unpaired) electrons. The van der Waals surface area contributed by atoms with Gasteiger partial charge >= 0.3 is 0 Å². The normalized spacial score (nSPS) is 18.2. The average Bonchev–Trinajstić information content (AvgIpc) is 3.18. The van der Waals surface area contributed by atoms with Gasteiger partial charge in [-0.25, -0.2) is 0 Å². The van der Waals surface area contributed by atoms with Crippen molar-refractivity contribution in [2.24, 2.45) is 0 Å². The van der Waals surface area contributed by atoms with Gasteiger partial charge in [0.15, 0.2) is 6.61 Å². The molecule has 11 nitrogen and oxygen atoms in total. The molecule has 4 heterocycles. The molecule has 6 rings (SSSR count). The van der Waals surface area contributed by atoms with Gasteiger partial charge in [-0.05, 0) is 69.2 Å². The van der Waals surface area contributed by atoms with Gasteiger partial charge in [0.1, 0.15) is 11.8 Å². The Morgan fingerprint density at radius 1 is 0.976 bits per heavy atom. The number of hydrogen-bond donors (Lipinski definition) is 2. The predicted octanol–water partition coefficient (Wildman–Crippen LogP) is 3.26. The van der Waals surface area contributed by atoms with E-state index in [9.17, 15) is 24.0 Å². The van der Waals surface area contributed by atoms with Crippen LogP contribution in [0.3, 0.4) is 0 Å². The SMILES string of the molecule is CCN1C(=O)COc2cc(-c3cc(C)nc(C)c3)c(Nc3cccc4c3C(=O)N(C3CCC(=O)NC3=O)C4=O)cc21. The number of carbonyl (C=O) groups excluding carboxylic acids is 5. The highest BCUT2D eigenvalue weighted by molar-refractivity contribution is 6.25. The number of benzene rings is 2. The second kappa shape index (κ2) is 9.84. The zero-order valence-corrected chi connectivity index (χ0v) is 22.7. The molecule has 0 bridgehead atoms. The Kier molecular flexibility index (Phi) is 6.29. The first-order chi connectivity index (χ1) is 19.7. The number of aryl methyl sites for hydroxylation is 2. The summed E-state index contributed by atoms with van der Waals surface area (Å²) in [5.74, 6) is -1.94. The molecular formula is C30H27N5O6. The van der Waals surface area contributed by atoms with Crippen LogP contribution < -0.4 is 20.3 Å². The molecule has 1 fully saturated rings. The molecule has 11 heteroatoms. The van der Waals surface area contributed by atoms with E-state index in [-0.39, 0.29) is 36.5 Å². The third kappa shape index (κ3) is 4.39. The molecule has 1 saturated heterocycles. The van der Waals surface area contributed by atoms with Crippen LogP contribution in [0.4, 0.5) is 17.1 Å². The van der Waals surface area contributed by atoms with Gasteiger partial charge in [-0.15, -0.1) is 0 Å². The molecule has 208 valence electrons. The summed E-state index contributed by atoms with van der Waals surface area (Å²) >= 11 is 0. The van der Waals surface area contributed by atoms with E-state index in [1.807, 2.05) is 39.0 Å². The van der Waals surface area contributed by atoms with E-state index in [1.165, 1.54) is 0 Å². The monoisotopic (exact) mass is 553 g/mol. The van der Waals surface area contributed by atoms with E-state index in [0.29, 0.717) is 29.4 Å². The predicted molar refractivity (Wildman–Crippen MR) is 149 cm³/mol.